The van der Waals surface area contributed by atoms with E-state index in [0.717, 1.165) is 11.7 Å². The second-order valence-corrected chi connectivity index (χ2v) is 3.64. The SMILES string of the molecule is O=C1CC(Nc2nsnc2Cl)CN1. The number of hydrogen-bond donors (Lipinski definition) is 2. The van der Waals surface area contributed by atoms with E-state index in [1.165, 1.54) is 0 Å². The van der Waals surface area contributed by atoms with E-state index in [0.29, 0.717) is 23.9 Å². The Labute approximate surface area is 83.8 Å². The van der Waals surface area contributed by atoms with Crippen LogP contribution in [0.3, 0.4) is 0 Å². The lowest BCUT2D eigenvalue weighted by Gasteiger charge is -2.07. The van der Waals surface area contributed by atoms with Crippen molar-refractivity contribution < 1.29 is 4.79 Å². The first-order valence-electron chi connectivity index (χ1n) is 3.77. The molecular formula is C6H7ClN4OS. The van der Waals surface area contributed by atoms with Gasteiger partial charge in [0.1, 0.15) is 0 Å². The number of rotatable bonds is 2. The first kappa shape index (κ1) is 8.71. The van der Waals surface area contributed by atoms with Crippen LogP contribution in [0.4, 0.5) is 5.82 Å². The fourth-order valence-corrected chi connectivity index (χ4v) is 1.82. The van der Waals surface area contributed by atoms with E-state index in [9.17, 15) is 4.79 Å². The highest BCUT2D eigenvalue weighted by atomic mass is 35.5. The standard InChI is InChI=1S/C6H7ClN4OS/c7-5-6(11-13-10-5)9-3-1-4(12)8-2-3/h3H,1-2H2,(H,8,12)(H,9,11). The van der Waals surface area contributed by atoms with Gasteiger partial charge in [-0.25, -0.2) is 0 Å². The summed E-state index contributed by atoms with van der Waals surface area (Å²) in [5.74, 6) is 0.616. The molecule has 0 spiro atoms. The number of nitrogens with zero attached hydrogens (tertiary/aromatic N) is 2. The van der Waals surface area contributed by atoms with Crippen molar-refractivity contribution in [2.45, 2.75) is 12.5 Å². The van der Waals surface area contributed by atoms with Gasteiger partial charge in [0.2, 0.25) is 5.91 Å². The van der Waals surface area contributed by atoms with Gasteiger partial charge in [0, 0.05) is 13.0 Å². The molecule has 13 heavy (non-hydrogen) atoms. The number of aromatic nitrogens is 2. The number of carbonyl (C=O) groups excluding carboxylic acids is 1. The Morgan fingerprint density at radius 1 is 1.62 bits per heavy atom. The zero-order chi connectivity index (χ0) is 9.26. The van der Waals surface area contributed by atoms with E-state index in [2.05, 4.69) is 19.4 Å². The van der Waals surface area contributed by atoms with Crippen molar-refractivity contribution in [1.82, 2.24) is 14.1 Å². The van der Waals surface area contributed by atoms with E-state index < -0.39 is 0 Å². The minimum atomic E-state index is 0.0526. The van der Waals surface area contributed by atoms with Crippen molar-refractivity contribution in [2.24, 2.45) is 0 Å². The van der Waals surface area contributed by atoms with Crippen molar-refractivity contribution in [1.29, 1.82) is 0 Å². The fourth-order valence-electron chi connectivity index (χ4n) is 1.16. The van der Waals surface area contributed by atoms with Gasteiger partial charge >= 0.3 is 0 Å². The molecule has 1 atom stereocenters. The Hall–Kier alpha value is -0.880. The normalized spacial score (nSPS) is 21.6. The monoisotopic (exact) mass is 218 g/mol. The predicted molar refractivity (Wildman–Crippen MR) is 50.0 cm³/mol. The number of halogens is 1. The summed E-state index contributed by atoms with van der Waals surface area (Å²) in [7, 11) is 0. The van der Waals surface area contributed by atoms with Gasteiger partial charge in [0.25, 0.3) is 0 Å². The lowest BCUT2D eigenvalue weighted by atomic mass is 10.2. The maximum Gasteiger partial charge on any atom is 0.222 e. The first-order chi connectivity index (χ1) is 6.25. The maximum atomic E-state index is 10.8. The van der Waals surface area contributed by atoms with Crippen LogP contribution in [0.2, 0.25) is 5.15 Å². The molecule has 1 aromatic rings. The lowest BCUT2D eigenvalue weighted by Crippen LogP contribution is -2.22. The molecule has 0 bridgehead atoms. The molecule has 1 aliphatic rings. The van der Waals surface area contributed by atoms with Gasteiger partial charge in [-0.3, -0.25) is 4.79 Å². The van der Waals surface area contributed by atoms with Gasteiger partial charge in [-0.1, -0.05) is 11.6 Å². The third-order valence-electron chi connectivity index (χ3n) is 1.77. The second-order valence-electron chi connectivity index (χ2n) is 2.75. The van der Waals surface area contributed by atoms with Crippen molar-refractivity contribution in [3.63, 3.8) is 0 Å². The summed E-state index contributed by atoms with van der Waals surface area (Å²) in [5, 5.41) is 6.12. The van der Waals surface area contributed by atoms with Crippen LogP contribution in [0.25, 0.3) is 0 Å². The van der Waals surface area contributed by atoms with Crippen LogP contribution in [0.15, 0.2) is 0 Å². The highest BCUT2D eigenvalue weighted by molar-refractivity contribution is 6.99. The minimum absolute atomic E-state index is 0.0526. The summed E-state index contributed by atoms with van der Waals surface area (Å²) < 4.78 is 7.76. The molecule has 5 nitrogen and oxygen atoms in total. The highest BCUT2D eigenvalue weighted by Gasteiger charge is 2.22. The van der Waals surface area contributed by atoms with E-state index in [-0.39, 0.29) is 11.9 Å². The molecule has 1 amide bonds. The quantitative estimate of drug-likeness (QED) is 0.759. The molecule has 2 heterocycles. The Bertz CT molecular complexity index is 328. The van der Waals surface area contributed by atoms with Gasteiger partial charge in [-0.05, 0) is 0 Å². The van der Waals surface area contributed by atoms with E-state index in [1.807, 2.05) is 0 Å². The first-order valence-corrected chi connectivity index (χ1v) is 4.88. The number of anilines is 1. The molecule has 1 aromatic heterocycles. The molecule has 1 unspecified atom stereocenters. The summed E-state index contributed by atoms with van der Waals surface area (Å²) in [6.07, 6.45) is 0.466. The third-order valence-corrected chi connectivity index (χ3v) is 2.66. The lowest BCUT2D eigenvalue weighted by molar-refractivity contribution is -0.119. The molecule has 2 N–H and O–H groups in total. The second kappa shape index (κ2) is 3.47. The van der Waals surface area contributed by atoms with Crippen LogP contribution < -0.4 is 10.6 Å². The van der Waals surface area contributed by atoms with Gasteiger partial charge in [-0.15, -0.1) is 0 Å². The number of hydrogen-bond acceptors (Lipinski definition) is 5. The van der Waals surface area contributed by atoms with E-state index in [4.69, 9.17) is 11.6 Å². The van der Waals surface area contributed by atoms with Crippen LogP contribution >= 0.6 is 23.3 Å². The average Bonchev–Trinajstić information content (AvgIpc) is 2.64. The van der Waals surface area contributed by atoms with Gasteiger partial charge in [-0.2, -0.15) is 8.75 Å². The molecule has 0 radical (unpaired) electrons. The van der Waals surface area contributed by atoms with Crippen LogP contribution in [-0.4, -0.2) is 27.2 Å². The van der Waals surface area contributed by atoms with E-state index in [1.54, 1.807) is 0 Å². The molecule has 1 aliphatic heterocycles. The van der Waals surface area contributed by atoms with Gasteiger partial charge < -0.3 is 10.6 Å². The maximum absolute atomic E-state index is 10.8. The Balaban J connectivity index is 1.99. The van der Waals surface area contributed by atoms with Crippen molar-refractivity contribution in [3.05, 3.63) is 5.15 Å². The average molecular weight is 219 g/mol. The molecule has 0 saturated carbocycles. The Morgan fingerprint density at radius 2 is 2.46 bits per heavy atom. The smallest absolute Gasteiger partial charge is 0.222 e. The third kappa shape index (κ3) is 1.89. The summed E-state index contributed by atoms with van der Waals surface area (Å²) in [4.78, 5) is 10.8. The zero-order valence-electron chi connectivity index (χ0n) is 6.58. The minimum Gasteiger partial charge on any atom is -0.362 e. The molecule has 7 heteroatoms. The molecule has 70 valence electrons. The predicted octanol–water partition coefficient (Wildman–Crippen LogP) is 0.492. The van der Waals surface area contributed by atoms with Gasteiger partial charge in [0.15, 0.2) is 11.0 Å². The van der Waals surface area contributed by atoms with E-state index >= 15 is 0 Å². The van der Waals surface area contributed by atoms with Gasteiger partial charge in [0.05, 0.1) is 17.8 Å². The van der Waals surface area contributed by atoms with Crippen LogP contribution in [0.5, 0.6) is 0 Å². The fraction of sp³-hybridized carbons (Fsp3) is 0.500. The molecule has 1 fully saturated rings. The topological polar surface area (TPSA) is 66.9 Å². The summed E-state index contributed by atoms with van der Waals surface area (Å²) >= 11 is 6.77. The van der Waals surface area contributed by atoms with Crippen LogP contribution in [0, 0.1) is 0 Å². The summed E-state index contributed by atoms with van der Waals surface area (Å²) in [6.45, 7) is 0.618. The molecule has 0 aromatic carbocycles. The van der Waals surface area contributed by atoms with Crippen LogP contribution in [-0.2, 0) is 4.79 Å². The number of amides is 1. The Morgan fingerprint density at radius 3 is 3.00 bits per heavy atom. The Kier molecular flexibility index (Phi) is 2.32. The summed E-state index contributed by atoms with van der Waals surface area (Å²) in [5.41, 5.74) is 0. The molecule has 1 saturated heterocycles. The highest BCUT2D eigenvalue weighted by Crippen LogP contribution is 2.19. The number of nitrogens with one attached hydrogen (secondary N) is 2. The molecule has 0 aliphatic carbocycles. The zero-order valence-corrected chi connectivity index (χ0v) is 8.15. The molecule has 2 rings (SSSR count). The van der Waals surface area contributed by atoms with Crippen molar-refractivity contribution in [3.8, 4) is 0 Å². The van der Waals surface area contributed by atoms with Crippen molar-refractivity contribution in [2.75, 3.05) is 11.9 Å². The van der Waals surface area contributed by atoms with Crippen LogP contribution in [0.1, 0.15) is 6.42 Å². The summed E-state index contributed by atoms with van der Waals surface area (Å²) in [6, 6.07) is 0.0777. The largest absolute Gasteiger partial charge is 0.362 e. The number of carbonyl (C=O) groups is 1. The van der Waals surface area contributed by atoms with Crippen molar-refractivity contribution >= 4 is 35.1 Å². The molecular weight excluding hydrogens is 212 g/mol.